The first kappa shape index (κ1) is 38.5. The highest BCUT2D eigenvalue weighted by Gasteiger charge is 2.70. The number of hydrogen-bond donors (Lipinski definition) is 4. The Kier molecular flexibility index (Phi) is 11.7. The summed E-state index contributed by atoms with van der Waals surface area (Å²) in [5.74, 6) is -0.157. The molecule has 5 amide bonds. The molecule has 3 saturated carbocycles. The van der Waals surface area contributed by atoms with E-state index in [-0.39, 0.29) is 65.7 Å². The number of rotatable bonds is 14. The lowest BCUT2D eigenvalue weighted by molar-refractivity contribution is -0.144. The maximum Gasteiger partial charge on any atom is 0.315 e. The van der Waals surface area contributed by atoms with E-state index in [0.717, 1.165) is 57.8 Å². The predicted octanol–water partition coefficient (Wildman–Crippen LogP) is 5.01. The van der Waals surface area contributed by atoms with E-state index in [4.69, 9.17) is 4.74 Å². The topological polar surface area (TPSA) is 146 Å². The summed E-state index contributed by atoms with van der Waals surface area (Å²) in [5.41, 5.74) is -1.84. The molecule has 5 fully saturated rings. The summed E-state index contributed by atoms with van der Waals surface area (Å²) in [7, 11) is 0. The van der Waals surface area contributed by atoms with Gasteiger partial charge in [0, 0.05) is 55.6 Å². The second kappa shape index (κ2) is 15.1. The zero-order valence-electron chi connectivity index (χ0n) is 31.9. The SMILES string of the molecule is CCCCC(CC(=O)NC1CC1)NC(=O)C1C2C(CN1C(=O)C(NC(=O)NC1(CC(=O)C3(C)CCOCC3)CCCCC1)C(C)(C)C)C2(C)C. The number of urea groups is 1. The third-order valence-electron chi connectivity index (χ3n) is 12.7. The number of amides is 5. The molecule has 282 valence electrons. The first-order chi connectivity index (χ1) is 23.5. The van der Waals surface area contributed by atoms with Crippen LogP contribution in [0.4, 0.5) is 4.79 Å². The van der Waals surface area contributed by atoms with Gasteiger partial charge in [-0.15, -0.1) is 0 Å². The number of ether oxygens (including phenoxy) is 1. The van der Waals surface area contributed by atoms with Gasteiger partial charge >= 0.3 is 6.03 Å². The van der Waals surface area contributed by atoms with Crippen molar-refractivity contribution in [3.05, 3.63) is 0 Å². The van der Waals surface area contributed by atoms with Crippen molar-refractivity contribution in [3.63, 3.8) is 0 Å². The molecule has 11 heteroatoms. The fourth-order valence-corrected chi connectivity index (χ4v) is 8.93. The first-order valence-corrected chi connectivity index (χ1v) is 19.6. The molecule has 5 atom stereocenters. The van der Waals surface area contributed by atoms with Gasteiger partial charge in [0.2, 0.25) is 17.7 Å². The van der Waals surface area contributed by atoms with Crippen LogP contribution in [0.3, 0.4) is 0 Å². The summed E-state index contributed by atoms with van der Waals surface area (Å²) >= 11 is 0. The van der Waals surface area contributed by atoms with Gasteiger partial charge in [0.25, 0.3) is 0 Å². The molecule has 2 aliphatic heterocycles. The molecule has 11 nitrogen and oxygen atoms in total. The van der Waals surface area contributed by atoms with Gasteiger partial charge in [0.05, 0.1) is 0 Å². The number of fused-ring (bicyclic) bond motifs is 1. The largest absolute Gasteiger partial charge is 0.381 e. The van der Waals surface area contributed by atoms with Crippen LogP contribution in [0.5, 0.6) is 0 Å². The highest BCUT2D eigenvalue weighted by atomic mass is 16.5. The molecule has 5 rings (SSSR count). The fraction of sp³-hybridized carbons (Fsp3) is 0.872. The van der Waals surface area contributed by atoms with Crippen LogP contribution >= 0.6 is 0 Å². The zero-order chi connectivity index (χ0) is 36.5. The van der Waals surface area contributed by atoms with Crippen molar-refractivity contribution in [2.24, 2.45) is 28.1 Å². The van der Waals surface area contributed by atoms with Crippen molar-refractivity contribution in [1.82, 2.24) is 26.2 Å². The third kappa shape index (κ3) is 8.84. The highest BCUT2D eigenvalue weighted by Crippen LogP contribution is 2.65. The third-order valence-corrected chi connectivity index (χ3v) is 12.7. The van der Waals surface area contributed by atoms with Crippen molar-refractivity contribution < 1.29 is 28.7 Å². The fourth-order valence-electron chi connectivity index (χ4n) is 8.93. The molecule has 5 aliphatic rings. The van der Waals surface area contributed by atoms with Gasteiger partial charge in [-0.25, -0.2) is 4.79 Å². The van der Waals surface area contributed by atoms with E-state index in [1.54, 1.807) is 4.90 Å². The van der Waals surface area contributed by atoms with Crippen molar-refractivity contribution in [2.75, 3.05) is 19.8 Å². The number of Topliss-reactive ketones (excluding diaryl/α,β-unsaturated/α-hetero) is 1. The van der Waals surface area contributed by atoms with Gasteiger partial charge in [-0.05, 0) is 67.6 Å². The molecule has 0 radical (unpaired) electrons. The van der Waals surface area contributed by atoms with E-state index in [2.05, 4.69) is 42.0 Å². The Labute approximate surface area is 299 Å². The van der Waals surface area contributed by atoms with Gasteiger partial charge in [-0.1, -0.05) is 80.6 Å². The molecular formula is C39H65N5O6. The van der Waals surface area contributed by atoms with E-state index < -0.39 is 34.5 Å². The van der Waals surface area contributed by atoms with Gasteiger partial charge < -0.3 is 30.9 Å². The Morgan fingerprint density at radius 3 is 2.18 bits per heavy atom. The van der Waals surface area contributed by atoms with Gasteiger partial charge in [-0.3, -0.25) is 19.2 Å². The summed E-state index contributed by atoms with van der Waals surface area (Å²) in [6, 6.07) is -2.06. The predicted molar refractivity (Wildman–Crippen MR) is 192 cm³/mol. The van der Waals surface area contributed by atoms with Crippen LogP contribution in [0.15, 0.2) is 0 Å². The molecule has 0 aromatic carbocycles. The van der Waals surface area contributed by atoms with Crippen molar-refractivity contribution in [2.45, 2.75) is 168 Å². The number of ketones is 1. The number of nitrogens with one attached hydrogen (secondary N) is 4. The minimum Gasteiger partial charge on any atom is -0.381 e. The lowest BCUT2D eigenvalue weighted by Gasteiger charge is -2.42. The van der Waals surface area contributed by atoms with E-state index >= 15 is 0 Å². The number of piperidine rings is 1. The smallest absolute Gasteiger partial charge is 0.315 e. The minimum absolute atomic E-state index is 0.0103. The molecule has 0 bridgehead atoms. The maximum absolute atomic E-state index is 14.6. The maximum atomic E-state index is 14.6. The minimum atomic E-state index is -0.886. The number of hydrogen-bond acceptors (Lipinski definition) is 6. The van der Waals surface area contributed by atoms with Crippen LogP contribution < -0.4 is 21.3 Å². The van der Waals surface area contributed by atoms with Crippen LogP contribution in [0, 0.1) is 28.1 Å². The zero-order valence-corrected chi connectivity index (χ0v) is 31.9. The van der Waals surface area contributed by atoms with Crippen LogP contribution in [0.2, 0.25) is 0 Å². The number of likely N-dealkylation sites (tertiary alicyclic amines) is 1. The van der Waals surface area contributed by atoms with Crippen molar-refractivity contribution in [1.29, 1.82) is 0 Å². The molecule has 0 aromatic heterocycles. The van der Waals surface area contributed by atoms with Crippen LogP contribution in [-0.2, 0) is 23.9 Å². The number of unbranched alkanes of at least 4 members (excludes halogenated alkanes) is 1. The molecule has 5 unspecified atom stereocenters. The lowest BCUT2D eigenvalue weighted by atomic mass is 9.70. The number of nitrogens with zero attached hydrogens (tertiary/aromatic N) is 1. The van der Waals surface area contributed by atoms with Crippen LogP contribution in [-0.4, -0.2) is 83.9 Å². The second-order valence-electron chi connectivity index (χ2n) is 18.3. The Morgan fingerprint density at radius 2 is 1.58 bits per heavy atom. The van der Waals surface area contributed by atoms with Crippen molar-refractivity contribution in [3.8, 4) is 0 Å². The van der Waals surface area contributed by atoms with Crippen LogP contribution in [0.25, 0.3) is 0 Å². The standard InChI is InChI=1S/C39H65N5O6/c1-8-9-13-26(22-29(46)40-25-14-15-25)41-33(47)31-30-27(37(30,5)6)24-44(31)34(48)32(36(2,3)4)42-35(49)43-39(16-11-10-12-17-39)23-28(45)38(7)18-20-50-21-19-38/h25-27,30-32H,8-24H2,1-7H3,(H,40,46)(H,41,47)(H2,42,43,49). The van der Waals surface area contributed by atoms with E-state index in [1.807, 2.05) is 27.7 Å². The Bertz CT molecular complexity index is 1280. The Hall–Kier alpha value is -2.69. The first-order valence-electron chi connectivity index (χ1n) is 19.6. The molecule has 50 heavy (non-hydrogen) atoms. The number of carbonyl (C=O) groups excluding carboxylic acids is 5. The molecule has 0 spiro atoms. The molecule has 2 saturated heterocycles. The van der Waals surface area contributed by atoms with Gasteiger partial charge in [-0.2, -0.15) is 0 Å². The summed E-state index contributed by atoms with van der Waals surface area (Å²) in [4.78, 5) is 70.8. The summed E-state index contributed by atoms with van der Waals surface area (Å²) in [6.07, 6.45) is 10.8. The average Bonchev–Trinajstić information content (AvgIpc) is 3.89. The van der Waals surface area contributed by atoms with E-state index in [1.165, 1.54) is 0 Å². The summed E-state index contributed by atoms with van der Waals surface area (Å²) < 4.78 is 5.53. The van der Waals surface area contributed by atoms with Crippen LogP contribution in [0.1, 0.15) is 138 Å². The number of carbonyl (C=O) groups is 5. The molecule has 4 N–H and O–H groups in total. The molecular weight excluding hydrogens is 634 g/mol. The highest BCUT2D eigenvalue weighted by molar-refractivity contribution is 5.94. The Balaban J connectivity index is 1.30. The monoisotopic (exact) mass is 699 g/mol. The molecule has 0 aromatic rings. The Morgan fingerprint density at radius 1 is 0.920 bits per heavy atom. The van der Waals surface area contributed by atoms with E-state index in [9.17, 15) is 24.0 Å². The average molecular weight is 700 g/mol. The summed E-state index contributed by atoms with van der Waals surface area (Å²) in [6.45, 7) is 15.8. The quantitative estimate of drug-likeness (QED) is 0.201. The van der Waals surface area contributed by atoms with Crippen molar-refractivity contribution >= 4 is 29.5 Å². The lowest BCUT2D eigenvalue weighted by Crippen LogP contribution is -2.63. The molecule has 2 heterocycles. The summed E-state index contributed by atoms with van der Waals surface area (Å²) in [5, 5.41) is 12.5. The normalized spacial score (nSPS) is 27.7. The van der Waals surface area contributed by atoms with Gasteiger partial charge in [0.15, 0.2) is 0 Å². The second-order valence-corrected chi connectivity index (χ2v) is 18.3. The van der Waals surface area contributed by atoms with E-state index in [0.29, 0.717) is 39.0 Å². The molecule has 3 aliphatic carbocycles. The van der Waals surface area contributed by atoms with Gasteiger partial charge in [0.1, 0.15) is 17.9 Å².